The predicted molar refractivity (Wildman–Crippen MR) is 166 cm³/mol. The highest BCUT2D eigenvalue weighted by molar-refractivity contribution is 6.68. The molecule has 0 aromatic carbocycles. The van der Waals surface area contributed by atoms with E-state index in [0.717, 1.165) is 0 Å². The first kappa shape index (κ1) is 40.3. The molecule has 0 atom stereocenters. The van der Waals surface area contributed by atoms with Crippen molar-refractivity contribution in [2.75, 3.05) is 59.5 Å². The summed E-state index contributed by atoms with van der Waals surface area (Å²) in [6.07, 6.45) is 0. The summed E-state index contributed by atoms with van der Waals surface area (Å²) in [4.78, 5) is 2.33. The maximum Gasteiger partial charge on any atom is 0.521 e. The van der Waals surface area contributed by atoms with Crippen molar-refractivity contribution in [3.8, 4) is 0 Å². The Labute approximate surface area is 249 Å². The summed E-state index contributed by atoms with van der Waals surface area (Å²) in [7, 11) is -10.4. The molecule has 242 valence electrons. The van der Waals surface area contributed by atoms with Gasteiger partial charge in [-0.25, -0.2) is 0 Å². The molecule has 0 aromatic rings. The number of rotatable bonds is 24. The van der Waals surface area contributed by atoms with Crippen LogP contribution in [0.3, 0.4) is 0 Å². The summed E-state index contributed by atoms with van der Waals surface area (Å²) in [5, 5.41) is -2.56. The van der Waals surface area contributed by atoms with Gasteiger partial charge >= 0.3 is 26.4 Å². The first-order chi connectivity index (χ1) is 18.7. The van der Waals surface area contributed by atoms with E-state index in [-0.39, 0.29) is 0 Å². The van der Waals surface area contributed by atoms with Crippen molar-refractivity contribution in [2.24, 2.45) is 0 Å². The van der Waals surface area contributed by atoms with E-state index in [9.17, 15) is 0 Å². The van der Waals surface area contributed by atoms with Gasteiger partial charge in [0.15, 0.2) is 0 Å². The summed E-state index contributed by atoms with van der Waals surface area (Å²) < 4.78 is 59.1. The van der Waals surface area contributed by atoms with E-state index in [4.69, 9.17) is 39.8 Å². The third kappa shape index (κ3) is 8.04. The molecule has 0 heterocycles. The van der Waals surface area contributed by atoms with Crippen molar-refractivity contribution in [3.05, 3.63) is 0 Å². The lowest BCUT2D eigenvalue weighted by atomic mass is 10.1. The van der Waals surface area contributed by atoms with E-state index in [0.29, 0.717) is 59.5 Å². The van der Waals surface area contributed by atoms with Gasteiger partial charge in [0.1, 0.15) is 0 Å². The van der Waals surface area contributed by atoms with Crippen LogP contribution in [0.2, 0.25) is 0 Å². The fourth-order valence-corrected chi connectivity index (χ4v) is 16.4. The van der Waals surface area contributed by atoms with Crippen molar-refractivity contribution in [1.29, 1.82) is 0 Å². The van der Waals surface area contributed by atoms with Gasteiger partial charge in [0, 0.05) is 59.5 Å². The predicted octanol–water partition coefficient (Wildman–Crippen LogP) is 5.39. The van der Waals surface area contributed by atoms with Crippen LogP contribution in [0, 0.1) is 0 Å². The van der Waals surface area contributed by atoms with E-state index in [1.807, 2.05) is 62.3 Å². The zero-order valence-corrected chi connectivity index (χ0v) is 31.5. The molecule has 0 N–H and O–H groups in total. The summed E-state index contributed by atoms with van der Waals surface area (Å²) >= 11 is 0. The van der Waals surface area contributed by atoms with Gasteiger partial charge in [0.2, 0.25) is 0 Å². The summed E-state index contributed by atoms with van der Waals surface area (Å²) in [6.45, 7) is 34.3. The van der Waals surface area contributed by atoms with Crippen molar-refractivity contribution in [1.82, 2.24) is 4.90 Å². The molecule has 40 heavy (non-hydrogen) atoms. The molecule has 0 unspecified atom stereocenters. The number of nitrogens with zero attached hydrogens (tertiary/aromatic N) is 1. The zero-order valence-electron chi connectivity index (χ0n) is 28.5. The van der Waals surface area contributed by atoms with Gasteiger partial charge in [-0.1, -0.05) is 0 Å². The standard InChI is InChI=1S/C27H63NO9Si3/c1-16-29-38(30-17-2,31-18-3)25(10,11)28(26(12,13)39(32-19-4,33-20-5)34-21-6)27(14,15)40(35-22-7,36-23-8)37-24-9/h16-24H2,1-15H3. The van der Waals surface area contributed by atoms with Crippen LogP contribution in [-0.4, -0.2) is 106 Å². The van der Waals surface area contributed by atoms with Crippen molar-refractivity contribution in [2.45, 2.75) is 119 Å². The molecule has 0 aliphatic carbocycles. The minimum absolute atomic E-state index is 0.431. The van der Waals surface area contributed by atoms with Crippen LogP contribution in [-0.2, 0) is 39.8 Å². The van der Waals surface area contributed by atoms with Crippen LogP contribution in [0.25, 0.3) is 0 Å². The largest absolute Gasteiger partial charge is 0.521 e. The van der Waals surface area contributed by atoms with Crippen LogP contribution in [0.15, 0.2) is 0 Å². The smallest absolute Gasteiger partial charge is 0.373 e. The van der Waals surface area contributed by atoms with Gasteiger partial charge in [0.05, 0.1) is 15.5 Å². The average Bonchev–Trinajstić information content (AvgIpc) is 2.84. The quantitative estimate of drug-likeness (QED) is 0.130. The fraction of sp³-hybridized carbons (Fsp3) is 1.00. The molecule has 0 bridgehead atoms. The minimum atomic E-state index is -3.46. The lowest BCUT2D eigenvalue weighted by Gasteiger charge is -2.63. The molecule has 0 rings (SSSR count). The van der Waals surface area contributed by atoms with Crippen LogP contribution in [0.4, 0.5) is 0 Å². The first-order valence-corrected chi connectivity index (χ1v) is 20.4. The highest BCUT2D eigenvalue weighted by atomic mass is 28.4. The van der Waals surface area contributed by atoms with Gasteiger partial charge in [-0.05, 0) is 104 Å². The Kier molecular flexibility index (Phi) is 17.6. The Hall–Kier alpha value is 0.251. The normalized spacial score (nSPS) is 14.4. The Morgan fingerprint density at radius 3 is 0.550 bits per heavy atom. The number of hydrogen-bond donors (Lipinski definition) is 0. The highest BCUT2D eigenvalue weighted by Crippen LogP contribution is 2.48. The highest BCUT2D eigenvalue weighted by Gasteiger charge is 2.75. The topological polar surface area (TPSA) is 86.3 Å². The maximum absolute atomic E-state index is 6.57. The molecule has 10 nitrogen and oxygen atoms in total. The molecular formula is C27H63NO9Si3. The van der Waals surface area contributed by atoms with Crippen LogP contribution < -0.4 is 0 Å². The Morgan fingerprint density at radius 1 is 0.325 bits per heavy atom. The molecule has 0 aliphatic heterocycles. The van der Waals surface area contributed by atoms with Gasteiger partial charge in [-0.3, -0.25) is 4.90 Å². The van der Waals surface area contributed by atoms with Gasteiger partial charge in [-0.2, -0.15) is 0 Å². The van der Waals surface area contributed by atoms with E-state index in [2.05, 4.69) is 46.4 Å². The van der Waals surface area contributed by atoms with Gasteiger partial charge < -0.3 is 39.8 Å². The van der Waals surface area contributed by atoms with Crippen molar-refractivity contribution < 1.29 is 39.8 Å². The zero-order chi connectivity index (χ0) is 31.3. The molecule has 0 aliphatic rings. The second-order valence-corrected chi connectivity index (χ2v) is 20.2. The monoisotopic (exact) mass is 629 g/mol. The molecule has 0 amide bonds. The molecular weight excluding hydrogens is 567 g/mol. The SMILES string of the molecule is CCO[Si](OCC)(OCC)C(C)(C)N(C(C)(C)[Si](OCC)(OCC)OCC)C(C)(C)[Si](OCC)(OCC)OCC. The Bertz CT molecular complexity index is 557. The first-order valence-electron chi connectivity index (χ1n) is 15.2. The maximum atomic E-state index is 6.57. The second kappa shape index (κ2) is 17.5. The molecule has 0 saturated heterocycles. The third-order valence-electron chi connectivity index (χ3n) is 6.93. The van der Waals surface area contributed by atoms with Gasteiger partial charge in [-0.15, -0.1) is 0 Å². The van der Waals surface area contributed by atoms with Crippen molar-refractivity contribution >= 4 is 26.4 Å². The van der Waals surface area contributed by atoms with Crippen LogP contribution >= 0.6 is 0 Å². The molecule has 0 fully saturated rings. The van der Waals surface area contributed by atoms with E-state index in [1.165, 1.54) is 0 Å². The fourth-order valence-electron chi connectivity index (χ4n) is 6.18. The van der Waals surface area contributed by atoms with Crippen LogP contribution in [0.1, 0.15) is 104 Å². The summed E-state index contributed by atoms with van der Waals surface area (Å²) in [5.41, 5.74) is 0. The molecule has 0 aromatic heterocycles. The van der Waals surface area contributed by atoms with Crippen molar-refractivity contribution in [3.63, 3.8) is 0 Å². The van der Waals surface area contributed by atoms with E-state index < -0.39 is 41.9 Å². The van der Waals surface area contributed by atoms with Crippen LogP contribution in [0.5, 0.6) is 0 Å². The average molecular weight is 630 g/mol. The molecule has 0 saturated carbocycles. The summed E-state index contributed by atoms with van der Waals surface area (Å²) in [6, 6.07) is 0. The molecule has 0 spiro atoms. The Morgan fingerprint density at radius 2 is 0.450 bits per heavy atom. The lowest BCUT2D eigenvalue weighted by Crippen LogP contribution is -2.87. The molecule has 0 radical (unpaired) electrons. The second-order valence-electron chi connectivity index (χ2n) is 10.6. The Balaban J connectivity index is 8.08. The molecule has 13 heteroatoms. The number of hydrogen-bond acceptors (Lipinski definition) is 10. The summed E-state index contributed by atoms with van der Waals surface area (Å²) in [5.74, 6) is 0. The van der Waals surface area contributed by atoms with E-state index >= 15 is 0 Å². The van der Waals surface area contributed by atoms with E-state index in [1.54, 1.807) is 0 Å². The van der Waals surface area contributed by atoms with Gasteiger partial charge in [0.25, 0.3) is 0 Å². The third-order valence-corrected chi connectivity index (χ3v) is 18.1. The lowest BCUT2D eigenvalue weighted by molar-refractivity contribution is -0.0938. The minimum Gasteiger partial charge on any atom is -0.373 e.